The molecule has 0 aliphatic rings. The molecule has 0 fully saturated rings. The fraction of sp³-hybridized carbons (Fsp3) is 0.316. The van der Waals surface area contributed by atoms with Crippen molar-refractivity contribution in [3.8, 4) is 0 Å². The minimum atomic E-state index is -0.494. The highest BCUT2D eigenvalue weighted by Crippen LogP contribution is 2.14. The van der Waals surface area contributed by atoms with Gasteiger partial charge in [0.2, 0.25) is 5.91 Å². The van der Waals surface area contributed by atoms with E-state index < -0.39 is 6.04 Å². The van der Waals surface area contributed by atoms with E-state index >= 15 is 0 Å². The van der Waals surface area contributed by atoms with Crippen molar-refractivity contribution in [3.63, 3.8) is 0 Å². The van der Waals surface area contributed by atoms with Crippen LogP contribution in [-0.2, 0) is 22.7 Å². The third-order valence-electron chi connectivity index (χ3n) is 3.50. The van der Waals surface area contributed by atoms with Gasteiger partial charge in [0.15, 0.2) is 0 Å². The van der Waals surface area contributed by atoms with Crippen LogP contribution in [0.2, 0.25) is 0 Å². The van der Waals surface area contributed by atoms with Crippen LogP contribution in [0.5, 0.6) is 0 Å². The SMILES string of the molecule is CC(C)OCc1cccc(CN[C@H](C(N)=O)c2ccccc2)c1. The molecule has 0 aromatic heterocycles. The number of carbonyl (C=O) groups excluding carboxylic acids is 1. The van der Waals surface area contributed by atoms with Crippen LogP contribution in [-0.4, -0.2) is 12.0 Å². The average molecular weight is 312 g/mol. The minimum absolute atomic E-state index is 0.203. The molecule has 122 valence electrons. The lowest BCUT2D eigenvalue weighted by Gasteiger charge is -2.16. The smallest absolute Gasteiger partial charge is 0.239 e. The second-order valence-corrected chi connectivity index (χ2v) is 5.81. The Bertz CT molecular complexity index is 626. The Balaban J connectivity index is 2.01. The first kappa shape index (κ1) is 17.2. The Morgan fingerprint density at radius 3 is 2.43 bits per heavy atom. The normalized spacial score (nSPS) is 12.3. The van der Waals surface area contributed by atoms with E-state index in [0.717, 1.165) is 16.7 Å². The highest BCUT2D eigenvalue weighted by Gasteiger charge is 2.16. The summed E-state index contributed by atoms with van der Waals surface area (Å²) in [5, 5.41) is 3.23. The number of hydrogen-bond acceptors (Lipinski definition) is 3. The van der Waals surface area contributed by atoms with Crippen molar-refractivity contribution in [3.05, 3.63) is 71.3 Å². The van der Waals surface area contributed by atoms with Gasteiger partial charge in [-0.2, -0.15) is 0 Å². The average Bonchev–Trinajstić information content (AvgIpc) is 2.54. The van der Waals surface area contributed by atoms with Gasteiger partial charge in [-0.05, 0) is 30.5 Å². The molecule has 2 aromatic carbocycles. The first-order valence-electron chi connectivity index (χ1n) is 7.83. The Morgan fingerprint density at radius 2 is 1.78 bits per heavy atom. The summed E-state index contributed by atoms with van der Waals surface area (Å²) < 4.78 is 5.62. The number of nitrogens with one attached hydrogen (secondary N) is 1. The second-order valence-electron chi connectivity index (χ2n) is 5.81. The Hall–Kier alpha value is -2.17. The highest BCUT2D eigenvalue weighted by atomic mass is 16.5. The largest absolute Gasteiger partial charge is 0.374 e. The van der Waals surface area contributed by atoms with E-state index in [4.69, 9.17) is 10.5 Å². The van der Waals surface area contributed by atoms with E-state index in [2.05, 4.69) is 11.4 Å². The molecule has 3 N–H and O–H groups in total. The zero-order valence-electron chi connectivity index (χ0n) is 13.7. The van der Waals surface area contributed by atoms with E-state index in [1.807, 2.05) is 62.4 Å². The molecule has 2 rings (SSSR count). The maximum absolute atomic E-state index is 11.7. The third kappa shape index (κ3) is 5.51. The van der Waals surface area contributed by atoms with Crippen molar-refractivity contribution < 1.29 is 9.53 Å². The molecule has 0 unspecified atom stereocenters. The van der Waals surface area contributed by atoms with E-state index in [1.165, 1.54) is 0 Å². The summed E-state index contributed by atoms with van der Waals surface area (Å²) in [6.07, 6.45) is 0.203. The number of rotatable bonds is 8. The third-order valence-corrected chi connectivity index (χ3v) is 3.50. The molecule has 0 saturated heterocycles. The van der Waals surface area contributed by atoms with Crippen molar-refractivity contribution in [2.24, 2.45) is 5.73 Å². The van der Waals surface area contributed by atoms with Crippen molar-refractivity contribution in [2.45, 2.75) is 39.1 Å². The summed E-state index contributed by atoms with van der Waals surface area (Å²) in [7, 11) is 0. The first-order chi connectivity index (χ1) is 11.1. The molecular formula is C19H24N2O2. The molecule has 0 heterocycles. The van der Waals surface area contributed by atoms with Crippen LogP contribution in [0.15, 0.2) is 54.6 Å². The van der Waals surface area contributed by atoms with Gasteiger partial charge in [0.05, 0.1) is 12.7 Å². The molecule has 2 aromatic rings. The Labute approximate surface area is 137 Å². The lowest BCUT2D eigenvalue weighted by Crippen LogP contribution is -2.33. The molecule has 0 spiro atoms. The van der Waals surface area contributed by atoms with Gasteiger partial charge in [-0.1, -0.05) is 54.6 Å². The molecular weight excluding hydrogens is 288 g/mol. The van der Waals surface area contributed by atoms with Crippen molar-refractivity contribution in [1.29, 1.82) is 0 Å². The van der Waals surface area contributed by atoms with Crippen molar-refractivity contribution >= 4 is 5.91 Å². The summed E-state index contributed by atoms with van der Waals surface area (Å²) in [6, 6.07) is 17.2. The zero-order valence-corrected chi connectivity index (χ0v) is 13.7. The zero-order chi connectivity index (χ0) is 16.7. The highest BCUT2D eigenvalue weighted by molar-refractivity contribution is 5.81. The number of primary amides is 1. The van der Waals surface area contributed by atoms with Gasteiger partial charge in [-0.15, -0.1) is 0 Å². The first-order valence-corrected chi connectivity index (χ1v) is 7.83. The lowest BCUT2D eigenvalue weighted by molar-refractivity contribution is -0.120. The fourth-order valence-corrected chi connectivity index (χ4v) is 2.34. The maximum atomic E-state index is 11.7. The molecule has 0 saturated carbocycles. The van der Waals surface area contributed by atoms with Gasteiger partial charge in [-0.25, -0.2) is 0 Å². The monoisotopic (exact) mass is 312 g/mol. The van der Waals surface area contributed by atoms with E-state index in [0.29, 0.717) is 13.2 Å². The standard InChI is InChI=1S/C19H24N2O2/c1-14(2)23-13-16-8-6-7-15(11-16)12-21-18(19(20)22)17-9-4-3-5-10-17/h3-11,14,18,21H,12-13H2,1-2H3,(H2,20,22)/t18-/m0/s1. The van der Waals surface area contributed by atoms with Crippen LogP contribution in [0.4, 0.5) is 0 Å². The van der Waals surface area contributed by atoms with Gasteiger partial charge < -0.3 is 10.5 Å². The van der Waals surface area contributed by atoms with Gasteiger partial charge in [0, 0.05) is 6.54 Å². The molecule has 0 bridgehead atoms. The molecule has 0 aliphatic carbocycles. The number of carbonyl (C=O) groups is 1. The van der Waals surface area contributed by atoms with Crippen molar-refractivity contribution in [1.82, 2.24) is 5.32 Å². The molecule has 0 radical (unpaired) electrons. The fourth-order valence-electron chi connectivity index (χ4n) is 2.34. The quantitative estimate of drug-likeness (QED) is 0.787. The summed E-state index contributed by atoms with van der Waals surface area (Å²) in [5.74, 6) is -0.379. The van der Waals surface area contributed by atoms with Crippen LogP contribution in [0.3, 0.4) is 0 Å². The predicted molar refractivity (Wildman–Crippen MR) is 91.6 cm³/mol. The summed E-state index contributed by atoms with van der Waals surface area (Å²) in [4.78, 5) is 11.7. The van der Waals surface area contributed by atoms with E-state index in [1.54, 1.807) is 0 Å². The van der Waals surface area contributed by atoms with Crippen LogP contribution in [0.1, 0.15) is 36.6 Å². The van der Waals surface area contributed by atoms with Crippen LogP contribution in [0.25, 0.3) is 0 Å². The Kier molecular flexibility index (Phi) is 6.32. The number of amides is 1. The molecule has 4 heteroatoms. The molecule has 1 atom stereocenters. The number of ether oxygens (including phenoxy) is 1. The van der Waals surface area contributed by atoms with Gasteiger partial charge in [0.25, 0.3) is 0 Å². The summed E-state index contributed by atoms with van der Waals surface area (Å²) in [6.45, 7) is 5.19. The van der Waals surface area contributed by atoms with Crippen LogP contribution in [0, 0.1) is 0 Å². The summed E-state index contributed by atoms with van der Waals surface area (Å²) in [5.41, 5.74) is 8.61. The number of nitrogens with two attached hydrogens (primary N) is 1. The molecule has 1 amide bonds. The molecule has 23 heavy (non-hydrogen) atoms. The van der Waals surface area contributed by atoms with E-state index in [-0.39, 0.29) is 12.0 Å². The Morgan fingerprint density at radius 1 is 1.09 bits per heavy atom. The lowest BCUT2D eigenvalue weighted by atomic mass is 10.1. The van der Waals surface area contributed by atoms with E-state index in [9.17, 15) is 4.79 Å². The second kappa shape index (κ2) is 8.46. The number of hydrogen-bond donors (Lipinski definition) is 2. The molecule has 0 aliphatic heterocycles. The van der Waals surface area contributed by atoms with Crippen LogP contribution < -0.4 is 11.1 Å². The van der Waals surface area contributed by atoms with Gasteiger partial charge >= 0.3 is 0 Å². The minimum Gasteiger partial charge on any atom is -0.374 e. The molecule has 4 nitrogen and oxygen atoms in total. The number of benzene rings is 2. The van der Waals surface area contributed by atoms with Gasteiger partial charge in [-0.3, -0.25) is 10.1 Å². The topological polar surface area (TPSA) is 64.3 Å². The van der Waals surface area contributed by atoms with Crippen molar-refractivity contribution in [2.75, 3.05) is 0 Å². The predicted octanol–water partition coefficient (Wildman–Crippen LogP) is 2.93. The van der Waals surface area contributed by atoms with Gasteiger partial charge in [0.1, 0.15) is 6.04 Å². The van der Waals surface area contributed by atoms with Crippen LogP contribution >= 0.6 is 0 Å². The maximum Gasteiger partial charge on any atom is 0.239 e. The summed E-state index contributed by atoms with van der Waals surface area (Å²) >= 11 is 0.